The van der Waals surface area contributed by atoms with Crippen LogP contribution < -0.4 is 15.0 Å². The molecule has 5 nitrogen and oxygen atoms in total. The monoisotopic (exact) mass is 358 g/mol. The van der Waals surface area contributed by atoms with Crippen LogP contribution in [0.25, 0.3) is 0 Å². The van der Waals surface area contributed by atoms with Crippen molar-refractivity contribution in [1.82, 2.24) is 5.32 Å². The second-order valence-electron chi connectivity index (χ2n) is 6.07. The number of ether oxygens (including phenoxy) is 1. The Bertz CT molecular complexity index is 777. The van der Waals surface area contributed by atoms with Gasteiger partial charge in [-0.05, 0) is 44.2 Å². The molecule has 1 N–H and O–H groups in total. The third kappa shape index (κ3) is 5.31. The van der Waals surface area contributed by atoms with Gasteiger partial charge < -0.3 is 15.0 Å². The first-order valence-corrected chi connectivity index (χ1v) is 8.46. The number of hydrogen-bond donors (Lipinski definition) is 1. The molecule has 2 rings (SSSR count). The van der Waals surface area contributed by atoms with Crippen molar-refractivity contribution in [3.8, 4) is 5.75 Å². The first-order chi connectivity index (χ1) is 12.4. The molecule has 6 heteroatoms. The maximum atomic E-state index is 13.2. The molecule has 0 fully saturated rings. The van der Waals surface area contributed by atoms with Crippen molar-refractivity contribution in [3.05, 3.63) is 59.9 Å². The van der Waals surface area contributed by atoms with Crippen LogP contribution in [0.1, 0.15) is 31.1 Å². The van der Waals surface area contributed by atoms with Gasteiger partial charge in [0.15, 0.2) is 0 Å². The number of amides is 2. The minimum Gasteiger partial charge on any atom is -0.489 e. The van der Waals surface area contributed by atoms with Gasteiger partial charge in [-0.25, -0.2) is 4.39 Å². The summed E-state index contributed by atoms with van der Waals surface area (Å²) in [6, 6.07) is 12.7. The minimum atomic E-state index is -0.470. The fourth-order valence-corrected chi connectivity index (χ4v) is 2.49. The Labute approximate surface area is 152 Å². The summed E-state index contributed by atoms with van der Waals surface area (Å²) in [6.07, 6.45) is -0.0300. The van der Waals surface area contributed by atoms with Gasteiger partial charge in [0, 0.05) is 25.6 Å². The normalized spacial score (nSPS) is 10.5. The van der Waals surface area contributed by atoms with Gasteiger partial charge in [0.1, 0.15) is 11.6 Å². The van der Waals surface area contributed by atoms with Crippen molar-refractivity contribution in [2.45, 2.75) is 26.9 Å². The fraction of sp³-hybridized carbons (Fsp3) is 0.300. The number of nitrogens with zero attached hydrogens (tertiary/aromatic N) is 1. The van der Waals surface area contributed by atoms with Crippen LogP contribution >= 0.6 is 0 Å². The zero-order valence-electron chi connectivity index (χ0n) is 15.2. The molecule has 0 radical (unpaired) electrons. The number of rotatable bonds is 7. The zero-order valence-corrected chi connectivity index (χ0v) is 15.2. The lowest BCUT2D eigenvalue weighted by Crippen LogP contribution is -2.37. The van der Waals surface area contributed by atoms with Gasteiger partial charge in [-0.15, -0.1) is 0 Å². The number of benzene rings is 2. The molecule has 26 heavy (non-hydrogen) atoms. The number of anilines is 1. The number of nitrogens with one attached hydrogen (secondary N) is 1. The van der Waals surface area contributed by atoms with Gasteiger partial charge in [0.25, 0.3) is 5.91 Å². The number of carbonyl (C=O) groups excluding carboxylic acids is 2. The molecule has 0 aromatic heterocycles. The lowest BCUT2D eigenvalue weighted by atomic mass is 10.2. The fourth-order valence-electron chi connectivity index (χ4n) is 2.49. The van der Waals surface area contributed by atoms with E-state index in [4.69, 9.17) is 4.74 Å². The third-order valence-corrected chi connectivity index (χ3v) is 3.61. The molecule has 0 aliphatic rings. The zero-order chi connectivity index (χ0) is 19.1. The molecule has 0 aliphatic carbocycles. The second-order valence-corrected chi connectivity index (χ2v) is 6.07. The Balaban J connectivity index is 2.05. The van der Waals surface area contributed by atoms with E-state index in [0.717, 1.165) is 0 Å². The van der Waals surface area contributed by atoms with Crippen LogP contribution in [0, 0.1) is 5.82 Å². The Morgan fingerprint density at radius 3 is 2.54 bits per heavy atom. The highest BCUT2D eigenvalue weighted by Gasteiger charge is 2.17. The first-order valence-electron chi connectivity index (χ1n) is 8.46. The first kappa shape index (κ1) is 19.4. The molecule has 0 bridgehead atoms. The lowest BCUT2D eigenvalue weighted by Gasteiger charge is -2.24. The summed E-state index contributed by atoms with van der Waals surface area (Å²) in [5.74, 6) is -0.415. The van der Waals surface area contributed by atoms with Gasteiger partial charge in [-0.2, -0.15) is 0 Å². The molecule has 0 spiro atoms. The highest BCUT2D eigenvalue weighted by molar-refractivity contribution is 5.95. The molecule has 2 aromatic carbocycles. The largest absolute Gasteiger partial charge is 0.489 e. The molecule has 0 unspecified atom stereocenters. The third-order valence-electron chi connectivity index (χ3n) is 3.61. The summed E-state index contributed by atoms with van der Waals surface area (Å²) >= 11 is 0. The maximum Gasteiger partial charge on any atom is 0.251 e. The summed E-state index contributed by atoms with van der Waals surface area (Å²) in [7, 11) is 0. The highest BCUT2D eigenvalue weighted by atomic mass is 19.1. The Morgan fingerprint density at radius 1 is 1.15 bits per heavy atom. The molecule has 0 saturated carbocycles. The molecule has 0 saturated heterocycles. The van der Waals surface area contributed by atoms with E-state index < -0.39 is 5.82 Å². The molecular formula is C20H23FN2O3. The van der Waals surface area contributed by atoms with E-state index in [2.05, 4.69) is 5.32 Å². The molecule has 0 heterocycles. The summed E-state index contributed by atoms with van der Waals surface area (Å²) < 4.78 is 19.0. The summed E-state index contributed by atoms with van der Waals surface area (Å²) in [6.45, 7) is 5.78. The predicted octanol–water partition coefficient (Wildman–Crippen LogP) is 3.40. The van der Waals surface area contributed by atoms with E-state index in [0.29, 0.717) is 11.4 Å². The maximum absolute atomic E-state index is 13.2. The standard InChI is InChI=1S/C20H23FN2O3/c1-14(2)26-19-10-5-4-9-18(19)23(15(3)24)12-11-22-20(25)16-7-6-8-17(21)13-16/h4-10,13-14H,11-12H2,1-3H3,(H,22,25). The second kappa shape index (κ2) is 8.99. The van der Waals surface area contributed by atoms with Crippen molar-refractivity contribution < 1.29 is 18.7 Å². The number of hydrogen-bond acceptors (Lipinski definition) is 3. The summed E-state index contributed by atoms with van der Waals surface area (Å²) in [5.41, 5.74) is 0.886. The predicted molar refractivity (Wildman–Crippen MR) is 99.0 cm³/mol. The Morgan fingerprint density at radius 2 is 1.88 bits per heavy atom. The summed E-state index contributed by atoms with van der Waals surface area (Å²) in [5, 5.41) is 2.70. The van der Waals surface area contributed by atoms with Crippen molar-refractivity contribution in [3.63, 3.8) is 0 Å². The van der Waals surface area contributed by atoms with Gasteiger partial charge >= 0.3 is 0 Å². The quantitative estimate of drug-likeness (QED) is 0.825. The van der Waals surface area contributed by atoms with Gasteiger partial charge in [-0.1, -0.05) is 18.2 Å². The SMILES string of the molecule is CC(=O)N(CCNC(=O)c1cccc(F)c1)c1ccccc1OC(C)C. The Kier molecular flexibility index (Phi) is 6.72. The lowest BCUT2D eigenvalue weighted by molar-refractivity contribution is -0.116. The van der Waals surface area contributed by atoms with Crippen molar-refractivity contribution in [2.75, 3.05) is 18.0 Å². The van der Waals surface area contributed by atoms with Crippen LogP contribution in [0.4, 0.5) is 10.1 Å². The number of halogens is 1. The number of para-hydroxylation sites is 2. The van der Waals surface area contributed by atoms with E-state index in [-0.39, 0.29) is 36.6 Å². The molecule has 2 aromatic rings. The van der Waals surface area contributed by atoms with Crippen molar-refractivity contribution in [2.24, 2.45) is 0 Å². The average Bonchev–Trinajstić information content (AvgIpc) is 2.58. The van der Waals surface area contributed by atoms with Crippen molar-refractivity contribution >= 4 is 17.5 Å². The Hall–Kier alpha value is -2.89. The van der Waals surface area contributed by atoms with Crippen LogP contribution in [0.3, 0.4) is 0 Å². The van der Waals surface area contributed by atoms with Gasteiger partial charge in [0.05, 0.1) is 11.8 Å². The molecule has 0 atom stereocenters. The van der Waals surface area contributed by atoms with E-state index in [1.165, 1.54) is 31.2 Å². The number of carbonyl (C=O) groups is 2. The van der Waals surface area contributed by atoms with E-state index in [9.17, 15) is 14.0 Å². The van der Waals surface area contributed by atoms with E-state index >= 15 is 0 Å². The molecule has 2 amide bonds. The topological polar surface area (TPSA) is 58.6 Å². The van der Waals surface area contributed by atoms with Crippen LogP contribution in [-0.2, 0) is 4.79 Å². The minimum absolute atomic E-state index is 0.0300. The van der Waals surface area contributed by atoms with Crippen LogP contribution in [-0.4, -0.2) is 31.0 Å². The smallest absolute Gasteiger partial charge is 0.251 e. The van der Waals surface area contributed by atoms with Crippen LogP contribution in [0.2, 0.25) is 0 Å². The van der Waals surface area contributed by atoms with E-state index in [1.807, 2.05) is 26.0 Å². The van der Waals surface area contributed by atoms with Gasteiger partial charge in [0.2, 0.25) is 5.91 Å². The van der Waals surface area contributed by atoms with Crippen LogP contribution in [0.5, 0.6) is 5.75 Å². The molecular weight excluding hydrogens is 335 g/mol. The molecule has 138 valence electrons. The van der Waals surface area contributed by atoms with Crippen molar-refractivity contribution in [1.29, 1.82) is 0 Å². The van der Waals surface area contributed by atoms with Gasteiger partial charge in [-0.3, -0.25) is 9.59 Å². The summed E-state index contributed by atoms with van der Waals surface area (Å²) in [4.78, 5) is 25.7. The van der Waals surface area contributed by atoms with Crippen LogP contribution in [0.15, 0.2) is 48.5 Å². The van der Waals surface area contributed by atoms with E-state index in [1.54, 1.807) is 17.0 Å². The average molecular weight is 358 g/mol. The highest BCUT2D eigenvalue weighted by Crippen LogP contribution is 2.28. The molecule has 0 aliphatic heterocycles.